The highest BCUT2D eigenvalue weighted by Crippen LogP contribution is 1.90. The molecule has 3 amide bonds. The third-order valence-corrected chi connectivity index (χ3v) is 1.64. The third kappa shape index (κ3) is 2.11. The van der Waals surface area contributed by atoms with Crippen molar-refractivity contribution in [3.05, 3.63) is 0 Å². The van der Waals surface area contributed by atoms with E-state index in [-0.39, 0.29) is 11.9 Å². The molecule has 0 aliphatic carbocycles. The zero-order valence-electron chi connectivity index (χ0n) is 7.02. The number of amides is 3. The predicted octanol–water partition coefficient (Wildman–Crippen LogP) is -0.806. The molecule has 0 aromatic carbocycles. The first kappa shape index (κ1) is 8.83. The lowest BCUT2D eigenvalue weighted by molar-refractivity contribution is -0.122. The van der Waals surface area contributed by atoms with Gasteiger partial charge in [0.25, 0.3) is 0 Å². The van der Waals surface area contributed by atoms with Crippen molar-refractivity contribution in [2.45, 2.75) is 19.4 Å². The summed E-state index contributed by atoms with van der Waals surface area (Å²) in [4.78, 5) is 21.8. The second-order valence-electron chi connectivity index (χ2n) is 2.70. The summed E-state index contributed by atoms with van der Waals surface area (Å²) >= 11 is 0. The number of hydrogen-bond acceptors (Lipinski definition) is 2. The molecule has 0 bridgehead atoms. The maximum absolute atomic E-state index is 11.2. The lowest BCUT2D eigenvalue weighted by Crippen LogP contribution is -2.43. The van der Waals surface area contributed by atoms with Gasteiger partial charge in [0.15, 0.2) is 0 Å². The van der Waals surface area contributed by atoms with E-state index in [1.165, 1.54) is 0 Å². The van der Waals surface area contributed by atoms with Crippen molar-refractivity contribution >= 4 is 11.9 Å². The molecule has 0 aromatic rings. The van der Waals surface area contributed by atoms with Crippen LogP contribution in [0.3, 0.4) is 0 Å². The van der Waals surface area contributed by atoms with E-state index in [1.807, 2.05) is 6.92 Å². The molecular weight excluding hydrogens is 158 g/mol. The van der Waals surface area contributed by atoms with E-state index in [0.717, 1.165) is 6.42 Å². The first-order valence-electron chi connectivity index (χ1n) is 4.06. The van der Waals surface area contributed by atoms with Crippen molar-refractivity contribution < 1.29 is 9.59 Å². The Hall–Kier alpha value is -1.26. The van der Waals surface area contributed by atoms with Crippen LogP contribution in [0.25, 0.3) is 0 Å². The first-order valence-corrected chi connectivity index (χ1v) is 4.06. The number of hydrogen-bond donors (Lipinski definition) is 3. The van der Waals surface area contributed by atoms with Gasteiger partial charge in [0.2, 0.25) is 5.91 Å². The largest absolute Gasteiger partial charge is 0.354 e. The highest BCUT2D eigenvalue weighted by atomic mass is 16.2. The molecule has 68 valence electrons. The van der Waals surface area contributed by atoms with Crippen LogP contribution in [0.5, 0.6) is 0 Å². The van der Waals surface area contributed by atoms with Crippen LogP contribution in [0.4, 0.5) is 4.79 Å². The summed E-state index contributed by atoms with van der Waals surface area (Å²) in [5, 5.41) is 7.72. The minimum Gasteiger partial charge on any atom is -0.354 e. The molecule has 1 rings (SSSR count). The van der Waals surface area contributed by atoms with Crippen LogP contribution in [-0.2, 0) is 4.79 Å². The van der Waals surface area contributed by atoms with Gasteiger partial charge in [-0.25, -0.2) is 4.79 Å². The van der Waals surface area contributed by atoms with E-state index < -0.39 is 6.04 Å². The Bertz CT molecular complexity index is 193. The Balaban J connectivity index is 2.28. The van der Waals surface area contributed by atoms with Crippen molar-refractivity contribution in [1.29, 1.82) is 0 Å². The minimum absolute atomic E-state index is 0.116. The standard InChI is InChI=1S/C7H13N3O2/c1-2-3-8-6(11)5-4-9-7(12)10-5/h5H,2-4H2,1H3,(H,8,11)(H2,9,10,12)/t5-/m0/s1. The smallest absolute Gasteiger partial charge is 0.315 e. The second kappa shape index (κ2) is 3.94. The summed E-state index contributed by atoms with van der Waals surface area (Å²) in [6.07, 6.45) is 0.903. The number of urea groups is 1. The highest BCUT2D eigenvalue weighted by molar-refractivity contribution is 5.90. The molecule has 1 aliphatic heterocycles. The molecule has 1 saturated heterocycles. The molecule has 0 unspecified atom stereocenters. The van der Waals surface area contributed by atoms with E-state index in [9.17, 15) is 9.59 Å². The summed E-state index contributed by atoms with van der Waals surface area (Å²) in [6, 6.07) is -0.671. The van der Waals surface area contributed by atoms with E-state index >= 15 is 0 Å². The molecule has 12 heavy (non-hydrogen) atoms. The molecule has 1 heterocycles. The van der Waals surface area contributed by atoms with Crippen molar-refractivity contribution in [2.24, 2.45) is 0 Å². The van der Waals surface area contributed by atoms with Gasteiger partial charge in [-0.3, -0.25) is 4.79 Å². The van der Waals surface area contributed by atoms with Crippen LogP contribution in [0.1, 0.15) is 13.3 Å². The Labute approximate surface area is 70.9 Å². The monoisotopic (exact) mass is 171 g/mol. The van der Waals surface area contributed by atoms with Crippen LogP contribution in [0.2, 0.25) is 0 Å². The molecule has 3 N–H and O–H groups in total. The van der Waals surface area contributed by atoms with Crippen molar-refractivity contribution in [3.8, 4) is 0 Å². The summed E-state index contributed by atoms with van der Waals surface area (Å²) in [7, 11) is 0. The van der Waals surface area contributed by atoms with E-state index in [4.69, 9.17) is 0 Å². The fourth-order valence-electron chi connectivity index (χ4n) is 0.985. The topological polar surface area (TPSA) is 70.2 Å². The lowest BCUT2D eigenvalue weighted by Gasteiger charge is -2.07. The number of nitrogens with one attached hydrogen (secondary N) is 3. The van der Waals surface area contributed by atoms with Gasteiger partial charge in [-0.15, -0.1) is 0 Å². The molecular formula is C7H13N3O2. The van der Waals surface area contributed by atoms with Gasteiger partial charge < -0.3 is 16.0 Å². The summed E-state index contributed by atoms with van der Waals surface area (Å²) in [5.74, 6) is -0.116. The summed E-state index contributed by atoms with van der Waals surface area (Å²) in [6.45, 7) is 3.02. The molecule has 1 atom stereocenters. The number of carbonyl (C=O) groups is 2. The Morgan fingerprint density at radius 3 is 3.00 bits per heavy atom. The molecule has 0 radical (unpaired) electrons. The average Bonchev–Trinajstić information content (AvgIpc) is 2.47. The molecule has 5 nitrogen and oxygen atoms in total. The van der Waals surface area contributed by atoms with Crippen LogP contribution in [0.15, 0.2) is 0 Å². The lowest BCUT2D eigenvalue weighted by atomic mass is 10.3. The van der Waals surface area contributed by atoms with Crippen molar-refractivity contribution in [3.63, 3.8) is 0 Å². The molecule has 0 aromatic heterocycles. The van der Waals surface area contributed by atoms with Gasteiger partial charge in [-0.2, -0.15) is 0 Å². The van der Waals surface area contributed by atoms with Gasteiger partial charge in [0.1, 0.15) is 6.04 Å². The average molecular weight is 171 g/mol. The number of rotatable bonds is 3. The van der Waals surface area contributed by atoms with E-state index in [1.54, 1.807) is 0 Å². The van der Waals surface area contributed by atoms with Crippen molar-refractivity contribution in [1.82, 2.24) is 16.0 Å². The SMILES string of the molecule is CCCNC(=O)[C@@H]1CNC(=O)N1. The zero-order chi connectivity index (χ0) is 8.97. The molecule has 0 saturated carbocycles. The molecule has 1 aliphatic rings. The van der Waals surface area contributed by atoms with Crippen LogP contribution >= 0.6 is 0 Å². The van der Waals surface area contributed by atoms with Gasteiger partial charge >= 0.3 is 6.03 Å². The fraction of sp³-hybridized carbons (Fsp3) is 0.714. The van der Waals surface area contributed by atoms with Gasteiger partial charge in [0.05, 0.1) is 0 Å². The highest BCUT2D eigenvalue weighted by Gasteiger charge is 2.25. The fourth-order valence-corrected chi connectivity index (χ4v) is 0.985. The van der Waals surface area contributed by atoms with Gasteiger partial charge in [0, 0.05) is 13.1 Å². The van der Waals surface area contributed by atoms with Crippen LogP contribution < -0.4 is 16.0 Å². The Morgan fingerprint density at radius 2 is 2.50 bits per heavy atom. The van der Waals surface area contributed by atoms with Crippen molar-refractivity contribution in [2.75, 3.05) is 13.1 Å². The minimum atomic E-state index is -0.399. The van der Waals surface area contributed by atoms with E-state index in [2.05, 4.69) is 16.0 Å². The van der Waals surface area contributed by atoms with E-state index in [0.29, 0.717) is 13.1 Å². The quantitative estimate of drug-likeness (QED) is 0.520. The second-order valence-corrected chi connectivity index (χ2v) is 2.70. The zero-order valence-corrected chi connectivity index (χ0v) is 7.02. The van der Waals surface area contributed by atoms with Crippen LogP contribution in [0, 0.1) is 0 Å². The third-order valence-electron chi connectivity index (χ3n) is 1.64. The number of carbonyl (C=O) groups excluding carboxylic acids is 2. The summed E-state index contributed by atoms with van der Waals surface area (Å²) < 4.78 is 0. The van der Waals surface area contributed by atoms with Gasteiger partial charge in [-0.05, 0) is 6.42 Å². The maximum atomic E-state index is 11.2. The normalized spacial score (nSPS) is 21.4. The Morgan fingerprint density at radius 1 is 1.75 bits per heavy atom. The molecule has 5 heteroatoms. The Kier molecular flexibility index (Phi) is 2.90. The van der Waals surface area contributed by atoms with Crippen LogP contribution in [-0.4, -0.2) is 31.1 Å². The van der Waals surface area contributed by atoms with Gasteiger partial charge in [-0.1, -0.05) is 6.92 Å². The first-order chi connectivity index (χ1) is 5.74. The maximum Gasteiger partial charge on any atom is 0.315 e. The summed E-state index contributed by atoms with van der Waals surface area (Å²) in [5.41, 5.74) is 0. The predicted molar refractivity (Wildman–Crippen MR) is 43.6 cm³/mol. The molecule has 1 fully saturated rings. The molecule has 0 spiro atoms.